The largest absolute Gasteiger partial charge is 0.338 e. The number of amides is 2. The summed E-state index contributed by atoms with van der Waals surface area (Å²) >= 11 is 0. The average Bonchev–Trinajstić information content (AvgIpc) is 3.11. The molecule has 0 saturated heterocycles. The van der Waals surface area contributed by atoms with E-state index >= 15 is 0 Å². The Kier molecular flexibility index (Phi) is 6.20. The molecule has 0 aliphatic rings. The van der Waals surface area contributed by atoms with Crippen molar-refractivity contribution in [2.75, 3.05) is 6.54 Å². The van der Waals surface area contributed by atoms with Gasteiger partial charge in [0.25, 0.3) is 0 Å². The van der Waals surface area contributed by atoms with Crippen LogP contribution in [0.1, 0.15) is 29.4 Å². The fraction of sp³-hybridized carbons (Fsp3) is 0.286. The van der Waals surface area contributed by atoms with Gasteiger partial charge in [0.15, 0.2) is 0 Å². The molecular formula is C21H25N5O. The van der Waals surface area contributed by atoms with E-state index in [2.05, 4.69) is 38.9 Å². The molecule has 0 unspecified atom stereocenters. The number of aromatic nitrogens is 3. The van der Waals surface area contributed by atoms with Crippen LogP contribution in [0.15, 0.2) is 61.2 Å². The van der Waals surface area contributed by atoms with Crippen LogP contribution in [-0.4, -0.2) is 32.0 Å². The highest BCUT2D eigenvalue weighted by atomic mass is 16.2. The molecule has 1 N–H and O–H groups in total. The number of nitrogens with zero attached hydrogens (tertiary/aromatic N) is 4. The summed E-state index contributed by atoms with van der Waals surface area (Å²) in [6, 6.07) is 12.1. The molecule has 6 nitrogen and oxygen atoms in total. The maximum Gasteiger partial charge on any atom is 0.318 e. The first-order chi connectivity index (χ1) is 13.2. The third kappa shape index (κ3) is 4.94. The third-order valence-corrected chi connectivity index (χ3v) is 4.45. The van der Waals surface area contributed by atoms with Gasteiger partial charge in [-0.2, -0.15) is 0 Å². The van der Waals surface area contributed by atoms with Gasteiger partial charge in [0.2, 0.25) is 0 Å². The normalized spacial score (nSPS) is 10.6. The van der Waals surface area contributed by atoms with Crippen LogP contribution in [0.3, 0.4) is 0 Å². The molecule has 2 heterocycles. The lowest BCUT2D eigenvalue weighted by Gasteiger charge is -2.23. The number of urea groups is 1. The Morgan fingerprint density at radius 3 is 2.74 bits per heavy atom. The van der Waals surface area contributed by atoms with Crippen LogP contribution >= 0.6 is 0 Å². The van der Waals surface area contributed by atoms with Gasteiger partial charge in [0, 0.05) is 44.4 Å². The highest BCUT2D eigenvalue weighted by Gasteiger charge is 2.17. The first-order valence-corrected chi connectivity index (χ1v) is 9.13. The fourth-order valence-electron chi connectivity index (χ4n) is 2.95. The summed E-state index contributed by atoms with van der Waals surface area (Å²) in [5.41, 5.74) is 3.47. The first-order valence-electron chi connectivity index (χ1n) is 9.13. The highest BCUT2D eigenvalue weighted by Crippen LogP contribution is 2.13. The van der Waals surface area contributed by atoms with E-state index < -0.39 is 0 Å². The second-order valence-corrected chi connectivity index (χ2v) is 6.45. The van der Waals surface area contributed by atoms with Crippen LogP contribution in [0.25, 0.3) is 0 Å². The number of nitrogens with one attached hydrogen (secondary N) is 1. The van der Waals surface area contributed by atoms with Crippen LogP contribution in [0.2, 0.25) is 0 Å². The Labute approximate surface area is 159 Å². The van der Waals surface area contributed by atoms with E-state index in [1.165, 1.54) is 11.1 Å². The predicted octanol–water partition coefficient (Wildman–Crippen LogP) is 3.37. The molecule has 0 spiro atoms. The van der Waals surface area contributed by atoms with E-state index in [4.69, 9.17) is 0 Å². The number of pyridine rings is 1. The Morgan fingerprint density at radius 1 is 1.15 bits per heavy atom. The van der Waals surface area contributed by atoms with E-state index in [-0.39, 0.29) is 6.03 Å². The zero-order chi connectivity index (χ0) is 19.1. The van der Waals surface area contributed by atoms with Crippen molar-refractivity contribution in [1.29, 1.82) is 0 Å². The first kappa shape index (κ1) is 18.6. The summed E-state index contributed by atoms with van der Waals surface area (Å²) in [7, 11) is 0. The highest BCUT2D eigenvalue weighted by molar-refractivity contribution is 5.74. The Balaban J connectivity index is 1.79. The summed E-state index contributed by atoms with van der Waals surface area (Å²) in [6.07, 6.45) is 7.26. The minimum absolute atomic E-state index is 0.105. The average molecular weight is 363 g/mol. The zero-order valence-corrected chi connectivity index (χ0v) is 15.8. The number of carbonyl (C=O) groups excluding carboxylic acids is 1. The number of hydrogen-bond donors (Lipinski definition) is 1. The predicted molar refractivity (Wildman–Crippen MR) is 105 cm³/mol. The Morgan fingerprint density at radius 2 is 2.00 bits per heavy atom. The molecule has 0 aliphatic heterocycles. The smallest absolute Gasteiger partial charge is 0.318 e. The molecule has 0 fully saturated rings. The molecule has 0 bridgehead atoms. The molecule has 140 valence electrons. The number of rotatable bonds is 7. The lowest BCUT2D eigenvalue weighted by atomic mass is 10.1. The van der Waals surface area contributed by atoms with Crippen LogP contribution in [0.4, 0.5) is 4.79 Å². The van der Waals surface area contributed by atoms with E-state index in [1.807, 2.05) is 37.4 Å². The van der Waals surface area contributed by atoms with Crippen molar-refractivity contribution in [3.63, 3.8) is 0 Å². The summed E-state index contributed by atoms with van der Waals surface area (Å²) < 4.78 is 2.10. The van der Waals surface area contributed by atoms with Gasteiger partial charge in [-0.1, -0.05) is 30.3 Å². The molecule has 2 amide bonds. The third-order valence-electron chi connectivity index (χ3n) is 4.45. The van der Waals surface area contributed by atoms with Crippen LogP contribution in [0.5, 0.6) is 0 Å². The SMILES string of the molecule is CCNC(=O)N(Cc1cccnc1)Cc1nccn1Cc1ccccc1C. The minimum atomic E-state index is -0.105. The van der Waals surface area contributed by atoms with Gasteiger partial charge in [-0.15, -0.1) is 0 Å². The lowest BCUT2D eigenvalue weighted by Crippen LogP contribution is -2.39. The molecule has 6 heteroatoms. The molecule has 0 atom stereocenters. The van der Waals surface area contributed by atoms with E-state index in [1.54, 1.807) is 23.5 Å². The molecule has 1 aromatic carbocycles. The number of hydrogen-bond acceptors (Lipinski definition) is 3. The quantitative estimate of drug-likeness (QED) is 0.700. The lowest BCUT2D eigenvalue weighted by molar-refractivity contribution is 0.190. The van der Waals surface area contributed by atoms with Crippen LogP contribution in [0, 0.1) is 6.92 Å². The second kappa shape index (κ2) is 8.98. The van der Waals surface area contributed by atoms with Crippen molar-refractivity contribution in [2.45, 2.75) is 33.5 Å². The van der Waals surface area contributed by atoms with E-state index in [0.717, 1.165) is 17.9 Å². The Hall–Kier alpha value is -3.15. The topological polar surface area (TPSA) is 63.1 Å². The number of carbonyl (C=O) groups is 1. The molecule has 27 heavy (non-hydrogen) atoms. The number of aryl methyl sites for hydroxylation is 1. The summed E-state index contributed by atoms with van der Waals surface area (Å²) in [6.45, 7) is 6.25. The van der Waals surface area contributed by atoms with Crippen molar-refractivity contribution >= 4 is 6.03 Å². The summed E-state index contributed by atoms with van der Waals surface area (Å²) in [5.74, 6) is 0.855. The van der Waals surface area contributed by atoms with Crippen molar-refractivity contribution in [3.05, 3.63) is 83.7 Å². The van der Waals surface area contributed by atoms with Crippen LogP contribution in [-0.2, 0) is 19.6 Å². The van der Waals surface area contributed by atoms with Gasteiger partial charge in [-0.25, -0.2) is 9.78 Å². The monoisotopic (exact) mass is 363 g/mol. The fourth-order valence-corrected chi connectivity index (χ4v) is 2.95. The van der Waals surface area contributed by atoms with Gasteiger partial charge >= 0.3 is 6.03 Å². The van der Waals surface area contributed by atoms with Crippen molar-refractivity contribution in [3.8, 4) is 0 Å². The molecular weight excluding hydrogens is 338 g/mol. The second-order valence-electron chi connectivity index (χ2n) is 6.45. The van der Waals surface area contributed by atoms with E-state index in [0.29, 0.717) is 19.6 Å². The van der Waals surface area contributed by atoms with Crippen LogP contribution < -0.4 is 5.32 Å². The van der Waals surface area contributed by atoms with E-state index in [9.17, 15) is 4.79 Å². The Bertz CT molecular complexity index is 875. The van der Waals surface area contributed by atoms with Crippen molar-refractivity contribution < 1.29 is 4.79 Å². The van der Waals surface area contributed by atoms with Gasteiger partial charge in [-0.05, 0) is 36.6 Å². The van der Waals surface area contributed by atoms with Gasteiger partial charge < -0.3 is 14.8 Å². The maximum atomic E-state index is 12.6. The molecule has 2 aromatic heterocycles. The molecule has 0 radical (unpaired) electrons. The minimum Gasteiger partial charge on any atom is -0.338 e. The summed E-state index contributed by atoms with van der Waals surface area (Å²) in [5, 5.41) is 2.89. The standard InChI is InChI=1S/C21H25N5O/c1-3-23-21(27)26(14-18-8-6-10-22-13-18)16-20-24-11-12-25(20)15-19-9-5-4-7-17(19)2/h4-13H,3,14-16H2,1-2H3,(H,23,27). The van der Waals surface area contributed by atoms with Crippen molar-refractivity contribution in [1.82, 2.24) is 24.8 Å². The number of imidazole rings is 1. The molecule has 0 saturated carbocycles. The van der Waals surface area contributed by atoms with Gasteiger partial charge in [-0.3, -0.25) is 4.98 Å². The molecule has 3 rings (SSSR count). The number of benzene rings is 1. The molecule has 0 aliphatic carbocycles. The summed E-state index contributed by atoms with van der Waals surface area (Å²) in [4.78, 5) is 23.0. The van der Waals surface area contributed by atoms with Crippen molar-refractivity contribution in [2.24, 2.45) is 0 Å². The maximum absolute atomic E-state index is 12.6. The molecule has 3 aromatic rings. The van der Waals surface area contributed by atoms with Gasteiger partial charge in [0.1, 0.15) is 5.82 Å². The zero-order valence-electron chi connectivity index (χ0n) is 15.8. The van der Waals surface area contributed by atoms with Gasteiger partial charge in [0.05, 0.1) is 6.54 Å².